The Kier molecular flexibility index (Phi) is 3.85. The van der Waals surface area contributed by atoms with Crippen molar-refractivity contribution in [3.05, 3.63) is 81.5 Å². The minimum absolute atomic E-state index is 1.02. The van der Waals surface area contributed by atoms with E-state index in [1.165, 1.54) is 49.5 Å². The maximum atomic E-state index is 4.88. The largest absolute Gasteiger partial charge is 0.292 e. The normalized spacial score (nSPS) is 11.8. The first-order chi connectivity index (χ1) is 13.5. The third-order valence-corrected chi connectivity index (χ3v) is 6.28. The van der Waals surface area contributed by atoms with Gasteiger partial charge in [0.1, 0.15) is 5.65 Å². The van der Waals surface area contributed by atoms with E-state index in [9.17, 15) is 0 Å². The number of imidazole rings is 1. The van der Waals surface area contributed by atoms with Gasteiger partial charge in [-0.2, -0.15) is 0 Å². The van der Waals surface area contributed by atoms with Gasteiger partial charge < -0.3 is 0 Å². The number of benzene rings is 3. The Balaban J connectivity index is 2.04. The number of rotatable bonds is 1. The highest BCUT2D eigenvalue weighted by atomic mass is 79.9. The van der Waals surface area contributed by atoms with Crippen LogP contribution in [0.3, 0.4) is 0 Å². The average Bonchev–Trinajstić information content (AvgIpc) is 3.07. The lowest BCUT2D eigenvalue weighted by Gasteiger charge is -2.15. The summed E-state index contributed by atoms with van der Waals surface area (Å²) in [6, 6.07) is 17.6. The summed E-state index contributed by atoms with van der Waals surface area (Å²) in [5.41, 5.74) is 9.75. The first-order valence-corrected chi connectivity index (χ1v) is 10.3. The molecule has 28 heavy (non-hydrogen) atoms. The molecule has 0 unspecified atom stereocenters. The maximum absolute atomic E-state index is 4.88. The van der Waals surface area contributed by atoms with Crippen molar-refractivity contribution in [3.8, 4) is 11.3 Å². The summed E-state index contributed by atoms with van der Waals surface area (Å²) in [6.45, 7) is 8.71. The minimum atomic E-state index is 1.02. The molecule has 0 N–H and O–H groups in total. The molecule has 0 atom stereocenters. The predicted octanol–water partition coefficient (Wildman–Crippen LogP) is 7.30. The van der Waals surface area contributed by atoms with E-state index in [0.717, 1.165) is 15.8 Å². The molecule has 0 saturated heterocycles. The number of hydrogen-bond acceptors (Lipinski definition) is 1. The Labute approximate surface area is 173 Å². The summed E-state index contributed by atoms with van der Waals surface area (Å²) in [5.74, 6) is 0. The molecule has 0 fully saturated rings. The number of nitrogens with zero attached hydrogens (tertiary/aromatic N) is 2. The van der Waals surface area contributed by atoms with Crippen LogP contribution in [-0.2, 0) is 0 Å². The molecule has 0 saturated carbocycles. The standard InChI is InChI=1S/C25H21BrN2/c1-14-11-21-19-7-5-6-8-20(19)25-27-13-23(28(25)22(21)12-15(14)2)24-16(3)9-18(26)10-17(24)4/h5-13H,1-4H3. The molecule has 3 heteroatoms. The highest BCUT2D eigenvalue weighted by Gasteiger charge is 2.17. The number of fused-ring (bicyclic) bond motifs is 6. The summed E-state index contributed by atoms with van der Waals surface area (Å²) in [5, 5.41) is 3.73. The lowest BCUT2D eigenvalue weighted by Crippen LogP contribution is -1.98. The van der Waals surface area contributed by atoms with Crippen LogP contribution in [0.5, 0.6) is 0 Å². The van der Waals surface area contributed by atoms with Crippen LogP contribution >= 0.6 is 15.9 Å². The smallest absolute Gasteiger partial charge is 0.145 e. The zero-order valence-corrected chi connectivity index (χ0v) is 18.1. The van der Waals surface area contributed by atoms with Gasteiger partial charge in [0.25, 0.3) is 0 Å². The quantitative estimate of drug-likeness (QED) is 0.256. The van der Waals surface area contributed by atoms with Crippen LogP contribution in [0.1, 0.15) is 22.3 Å². The van der Waals surface area contributed by atoms with Crippen molar-refractivity contribution < 1.29 is 0 Å². The molecule has 2 nitrogen and oxygen atoms in total. The fraction of sp³-hybridized carbons (Fsp3) is 0.160. The van der Waals surface area contributed by atoms with Crippen LogP contribution in [0.15, 0.2) is 59.2 Å². The van der Waals surface area contributed by atoms with Crippen LogP contribution in [0.4, 0.5) is 0 Å². The van der Waals surface area contributed by atoms with Crippen molar-refractivity contribution in [2.75, 3.05) is 0 Å². The van der Waals surface area contributed by atoms with Gasteiger partial charge >= 0.3 is 0 Å². The first-order valence-electron chi connectivity index (χ1n) is 9.52. The topological polar surface area (TPSA) is 17.3 Å². The van der Waals surface area contributed by atoms with Gasteiger partial charge in [0.15, 0.2) is 0 Å². The summed E-state index contributed by atoms with van der Waals surface area (Å²) in [6.07, 6.45) is 2.03. The first kappa shape index (κ1) is 17.4. The van der Waals surface area contributed by atoms with Gasteiger partial charge in [0.2, 0.25) is 0 Å². The summed E-state index contributed by atoms with van der Waals surface area (Å²) >= 11 is 3.63. The average molecular weight is 429 g/mol. The lowest BCUT2D eigenvalue weighted by molar-refractivity contribution is 1.23. The minimum Gasteiger partial charge on any atom is -0.292 e. The third kappa shape index (κ3) is 2.43. The number of hydrogen-bond donors (Lipinski definition) is 0. The van der Waals surface area contributed by atoms with E-state index in [4.69, 9.17) is 4.98 Å². The molecule has 5 aromatic rings. The summed E-state index contributed by atoms with van der Waals surface area (Å²) < 4.78 is 3.45. The molecule has 5 rings (SSSR count). The lowest BCUT2D eigenvalue weighted by atomic mass is 9.98. The molecule has 2 heterocycles. The molecular weight excluding hydrogens is 408 g/mol. The van der Waals surface area contributed by atoms with E-state index < -0.39 is 0 Å². The molecule has 0 aliphatic heterocycles. The Morgan fingerprint density at radius 1 is 0.750 bits per heavy atom. The van der Waals surface area contributed by atoms with E-state index in [1.54, 1.807) is 0 Å². The van der Waals surface area contributed by atoms with Crippen LogP contribution < -0.4 is 0 Å². The van der Waals surface area contributed by atoms with Gasteiger partial charge in [-0.3, -0.25) is 4.40 Å². The van der Waals surface area contributed by atoms with E-state index >= 15 is 0 Å². The van der Waals surface area contributed by atoms with Crippen molar-refractivity contribution in [2.45, 2.75) is 27.7 Å². The van der Waals surface area contributed by atoms with Gasteiger partial charge in [-0.05, 0) is 79.6 Å². The highest BCUT2D eigenvalue weighted by molar-refractivity contribution is 9.10. The van der Waals surface area contributed by atoms with E-state index in [1.807, 2.05) is 6.20 Å². The molecule has 0 radical (unpaired) electrons. The molecule has 0 spiro atoms. The van der Waals surface area contributed by atoms with Crippen molar-refractivity contribution in [1.29, 1.82) is 0 Å². The monoisotopic (exact) mass is 428 g/mol. The van der Waals surface area contributed by atoms with Crippen molar-refractivity contribution >= 4 is 43.3 Å². The van der Waals surface area contributed by atoms with E-state index in [0.29, 0.717) is 0 Å². The van der Waals surface area contributed by atoms with Gasteiger partial charge in [0.05, 0.1) is 17.4 Å². The predicted molar refractivity (Wildman–Crippen MR) is 122 cm³/mol. The summed E-state index contributed by atoms with van der Waals surface area (Å²) in [7, 11) is 0. The Morgan fingerprint density at radius 3 is 2.11 bits per heavy atom. The maximum Gasteiger partial charge on any atom is 0.145 e. The Hall–Kier alpha value is -2.65. The van der Waals surface area contributed by atoms with Crippen molar-refractivity contribution in [2.24, 2.45) is 0 Å². The number of aryl methyl sites for hydroxylation is 4. The molecule has 0 amide bonds. The molecule has 3 aromatic carbocycles. The second kappa shape index (κ2) is 6.18. The van der Waals surface area contributed by atoms with Crippen LogP contribution in [0, 0.1) is 27.7 Å². The van der Waals surface area contributed by atoms with Crippen LogP contribution in [0.2, 0.25) is 0 Å². The molecule has 138 valence electrons. The number of halogens is 1. The molecule has 0 bridgehead atoms. The Morgan fingerprint density at radius 2 is 1.39 bits per heavy atom. The van der Waals surface area contributed by atoms with Crippen LogP contribution in [0.25, 0.3) is 38.6 Å². The van der Waals surface area contributed by atoms with E-state index in [2.05, 4.69) is 96.6 Å². The van der Waals surface area contributed by atoms with Gasteiger partial charge in [-0.15, -0.1) is 0 Å². The molecule has 0 aliphatic carbocycles. The fourth-order valence-corrected chi connectivity index (χ4v) is 5.08. The molecular formula is C25H21BrN2. The molecule has 2 aromatic heterocycles. The van der Waals surface area contributed by atoms with Gasteiger partial charge in [0, 0.05) is 20.8 Å². The van der Waals surface area contributed by atoms with Crippen molar-refractivity contribution in [1.82, 2.24) is 9.38 Å². The van der Waals surface area contributed by atoms with E-state index in [-0.39, 0.29) is 0 Å². The zero-order chi connectivity index (χ0) is 19.6. The second-order valence-corrected chi connectivity index (χ2v) is 8.63. The zero-order valence-electron chi connectivity index (χ0n) is 16.5. The van der Waals surface area contributed by atoms with Crippen molar-refractivity contribution in [3.63, 3.8) is 0 Å². The van der Waals surface area contributed by atoms with Gasteiger partial charge in [-0.25, -0.2) is 4.98 Å². The Bertz CT molecular complexity index is 1390. The fourth-order valence-electron chi connectivity index (χ4n) is 4.39. The third-order valence-electron chi connectivity index (χ3n) is 5.83. The number of aromatic nitrogens is 2. The SMILES string of the molecule is Cc1cc2c3ccccc3c3ncc(-c4c(C)cc(Br)cc4C)n3c2cc1C. The van der Waals surface area contributed by atoms with Crippen LogP contribution in [-0.4, -0.2) is 9.38 Å². The molecule has 0 aliphatic rings. The van der Waals surface area contributed by atoms with Gasteiger partial charge in [-0.1, -0.05) is 40.2 Å². The second-order valence-electron chi connectivity index (χ2n) is 7.72. The highest BCUT2D eigenvalue weighted by Crippen LogP contribution is 2.36. The summed E-state index contributed by atoms with van der Waals surface area (Å²) in [4.78, 5) is 4.88. The number of pyridine rings is 1.